The molecule has 64 heavy (non-hydrogen) atoms. The summed E-state index contributed by atoms with van der Waals surface area (Å²) in [5.41, 5.74) is 0. The molecule has 3 N–H and O–H groups in total. The Morgan fingerprint density at radius 1 is 0.469 bits per heavy atom. The molecule has 3 atom stereocenters. The second-order valence-electron chi connectivity index (χ2n) is 17.5. The maximum absolute atomic E-state index is 13.2. The first-order valence-electron chi connectivity index (χ1n) is 26.5. The van der Waals surface area contributed by atoms with Crippen molar-refractivity contribution in [3.05, 3.63) is 97.2 Å². The number of hydrogen-bond donors (Lipinski definition) is 3. The van der Waals surface area contributed by atoms with Crippen molar-refractivity contribution in [1.29, 1.82) is 0 Å². The van der Waals surface area contributed by atoms with Gasteiger partial charge in [-0.05, 0) is 96.3 Å². The van der Waals surface area contributed by atoms with Crippen LogP contribution in [-0.2, 0) is 14.3 Å². The molecule has 6 nitrogen and oxygen atoms in total. The molecule has 0 aliphatic carbocycles. The third-order valence-corrected chi connectivity index (χ3v) is 11.4. The standard InChI is InChI=1S/C58H99NO5/c1-4-7-10-13-16-19-22-25-28-29-30-31-34-37-40-43-46-49-54(64-58(63)51-48-45-42-39-36-33-27-24-21-18-15-12-9-6-3)52-57(62)59-55(53-60)56(61)50-47-44-41-38-35-32-26-23-20-17-14-11-8-5-2/h7,9-10,12,16,18-19,21,25,27-28,30-31,33,37,40,54-56,60-61H,4-6,8,11,13-15,17,20,22-24,26,29,32,34-36,38-39,41-53H2,1-3H3,(H,59,62)/b10-7-,12-9+,19-16-,21-18+,28-25-,31-30-,33-27+,40-37-. The minimum atomic E-state index is -0.812. The van der Waals surface area contributed by atoms with Crippen LogP contribution < -0.4 is 5.32 Å². The molecule has 6 heteroatoms. The Hall–Kier alpha value is -3.22. The topological polar surface area (TPSA) is 95.9 Å². The zero-order chi connectivity index (χ0) is 46.7. The van der Waals surface area contributed by atoms with Crippen molar-refractivity contribution in [2.45, 2.75) is 251 Å². The molecule has 3 unspecified atom stereocenters. The van der Waals surface area contributed by atoms with Crippen molar-refractivity contribution < 1.29 is 24.5 Å². The van der Waals surface area contributed by atoms with E-state index < -0.39 is 18.2 Å². The number of amides is 1. The van der Waals surface area contributed by atoms with Crippen LogP contribution in [-0.4, -0.2) is 46.9 Å². The van der Waals surface area contributed by atoms with Crippen molar-refractivity contribution in [3.8, 4) is 0 Å². The highest BCUT2D eigenvalue weighted by Crippen LogP contribution is 2.17. The summed E-state index contributed by atoms with van der Waals surface area (Å²) in [6, 6.07) is -0.730. The lowest BCUT2D eigenvalue weighted by molar-refractivity contribution is -0.151. The van der Waals surface area contributed by atoms with Crippen LogP contribution in [0.4, 0.5) is 0 Å². The van der Waals surface area contributed by atoms with Crippen molar-refractivity contribution >= 4 is 11.9 Å². The van der Waals surface area contributed by atoms with E-state index in [1.54, 1.807) is 0 Å². The number of aliphatic hydroxyl groups is 2. The van der Waals surface area contributed by atoms with Gasteiger partial charge in [0.25, 0.3) is 0 Å². The number of carbonyl (C=O) groups is 2. The van der Waals surface area contributed by atoms with Gasteiger partial charge in [0.1, 0.15) is 6.10 Å². The number of allylic oxidation sites excluding steroid dienone is 16. The Bertz CT molecular complexity index is 1270. The van der Waals surface area contributed by atoms with E-state index in [0.29, 0.717) is 19.3 Å². The van der Waals surface area contributed by atoms with Crippen LogP contribution in [0.1, 0.15) is 233 Å². The van der Waals surface area contributed by atoms with Gasteiger partial charge < -0.3 is 20.3 Å². The molecule has 0 fully saturated rings. The summed E-state index contributed by atoms with van der Waals surface area (Å²) in [6.07, 6.45) is 67.5. The molecule has 0 saturated carbocycles. The lowest BCUT2D eigenvalue weighted by Gasteiger charge is -2.24. The van der Waals surface area contributed by atoms with Crippen molar-refractivity contribution in [1.82, 2.24) is 5.32 Å². The fourth-order valence-corrected chi connectivity index (χ4v) is 7.48. The van der Waals surface area contributed by atoms with E-state index in [4.69, 9.17) is 4.74 Å². The van der Waals surface area contributed by atoms with Gasteiger partial charge in [0, 0.05) is 6.42 Å². The SMILES string of the molecule is CC/C=C\C/C=C\C/C=C\C/C=C\C/C=C\CCCC(CC(=O)NC(CO)C(O)CCCCCCCCCCCCCCCC)OC(=O)CCCCCC/C=C/C/C=C/C/C=C/CC. The quantitative estimate of drug-likeness (QED) is 0.0321. The largest absolute Gasteiger partial charge is 0.462 e. The summed E-state index contributed by atoms with van der Waals surface area (Å²) in [5.74, 6) is -0.562. The smallest absolute Gasteiger partial charge is 0.306 e. The van der Waals surface area contributed by atoms with E-state index in [2.05, 4.69) is 123 Å². The highest BCUT2D eigenvalue weighted by molar-refractivity contribution is 5.77. The Kier molecular flexibility index (Phi) is 48.2. The van der Waals surface area contributed by atoms with E-state index in [1.165, 1.54) is 70.6 Å². The average molecular weight is 890 g/mol. The van der Waals surface area contributed by atoms with E-state index >= 15 is 0 Å². The first kappa shape index (κ1) is 60.8. The van der Waals surface area contributed by atoms with Crippen LogP contribution in [0.5, 0.6) is 0 Å². The Labute approximate surface area is 395 Å². The number of rotatable bonds is 46. The van der Waals surface area contributed by atoms with Crippen LogP contribution in [0.15, 0.2) is 97.2 Å². The summed E-state index contributed by atoms with van der Waals surface area (Å²) in [4.78, 5) is 26.2. The van der Waals surface area contributed by atoms with Gasteiger partial charge in [-0.2, -0.15) is 0 Å². The summed E-state index contributed by atoms with van der Waals surface area (Å²) in [5, 5.41) is 23.8. The van der Waals surface area contributed by atoms with Crippen molar-refractivity contribution in [2.75, 3.05) is 6.61 Å². The molecular formula is C58H99NO5. The fraction of sp³-hybridized carbons (Fsp3) is 0.690. The molecule has 0 aromatic rings. The maximum Gasteiger partial charge on any atom is 0.306 e. The fourth-order valence-electron chi connectivity index (χ4n) is 7.48. The number of hydrogen-bond acceptors (Lipinski definition) is 5. The van der Waals surface area contributed by atoms with Gasteiger partial charge >= 0.3 is 5.97 Å². The van der Waals surface area contributed by atoms with Gasteiger partial charge in [0.15, 0.2) is 0 Å². The lowest BCUT2D eigenvalue weighted by atomic mass is 10.0. The van der Waals surface area contributed by atoms with Crippen LogP contribution in [0.3, 0.4) is 0 Å². The summed E-state index contributed by atoms with van der Waals surface area (Å²) >= 11 is 0. The number of esters is 1. The zero-order valence-electron chi connectivity index (χ0n) is 41.6. The van der Waals surface area contributed by atoms with Gasteiger partial charge in [-0.15, -0.1) is 0 Å². The van der Waals surface area contributed by atoms with Crippen LogP contribution >= 0.6 is 0 Å². The highest BCUT2D eigenvalue weighted by atomic mass is 16.5. The normalized spacial score (nSPS) is 14.0. The summed E-state index contributed by atoms with van der Waals surface area (Å²) in [7, 11) is 0. The van der Waals surface area contributed by atoms with Gasteiger partial charge in [-0.1, -0.05) is 221 Å². The number of aliphatic hydroxyl groups excluding tert-OH is 2. The molecular weight excluding hydrogens is 791 g/mol. The summed E-state index contributed by atoms with van der Waals surface area (Å²) < 4.78 is 5.90. The maximum atomic E-state index is 13.2. The predicted octanol–water partition coefficient (Wildman–Crippen LogP) is 16.1. The van der Waals surface area contributed by atoms with E-state index in [-0.39, 0.29) is 24.9 Å². The second-order valence-corrected chi connectivity index (χ2v) is 17.5. The Morgan fingerprint density at radius 3 is 1.31 bits per heavy atom. The lowest BCUT2D eigenvalue weighted by Crippen LogP contribution is -2.46. The van der Waals surface area contributed by atoms with Gasteiger partial charge in [-0.3, -0.25) is 9.59 Å². The third-order valence-electron chi connectivity index (χ3n) is 11.4. The molecule has 1 amide bonds. The van der Waals surface area contributed by atoms with E-state index in [9.17, 15) is 19.8 Å². The van der Waals surface area contributed by atoms with Crippen molar-refractivity contribution in [3.63, 3.8) is 0 Å². The molecule has 0 spiro atoms. The molecule has 0 bridgehead atoms. The van der Waals surface area contributed by atoms with E-state index in [1.807, 2.05) is 0 Å². The van der Waals surface area contributed by atoms with Crippen LogP contribution in [0, 0.1) is 0 Å². The Morgan fingerprint density at radius 2 is 0.859 bits per heavy atom. The predicted molar refractivity (Wildman–Crippen MR) is 277 cm³/mol. The first-order valence-corrected chi connectivity index (χ1v) is 26.5. The van der Waals surface area contributed by atoms with Gasteiger partial charge in [-0.25, -0.2) is 0 Å². The zero-order valence-corrected chi connectivity index (χ0v) is 41.6. The molecule has 0 aromatic carbocycles. The number of nitrogens with one attached hydrogen (secondary N) is 1. The van der Waals surface area contributed by atoms with Crippen LogP contribution in [0.2, 0.25) is 0 Å². The number of unbranched alkanes of at least 4 members (excludes halogenated alkanes) is 18. The number of carbonyl (C=O) groups excluding carboxylic acids is 2. The minimum Gasteiger partial charge on any atom is -0.462 e. The molecule has 0 aromatic heterocycles. The highest BCUT2D eigenvalue weighted by Gasteiger charge is 2.24. The first-order chi connectivity index (χ1) is 31.5. The Balaban J connectivity index is 4.74. The second kappa shape index (κ2) is 50.8. The molecule has 0 saturated heterocycles. The molecule has 0 heterocycles. The molecule has 0 rings (SSSR count). The molecule has 0 aliphatic heterocycles. The van der Waals surface area contributed by atoms with Crippen molar-refractivity contribution in [2.24, 2.45) is 0 Å². The van der Waals surface area contributed by atoms with Gasteiger partial charge in [0.2, 0.25) is 5.91 Å². The summed E-state index contributed by atoms with van der Waals surface area (Å²) in [6.45, 7) is 6.23. The number of ether oxygens (including phenoxy) is 1. The third kappa shape index (κ3) is 45.4. The molecule has 0 aliphatic rings. The average Bonchev–Trinajstić information content (AvgIpc) is 3.29. The molecule has 366 valence electrons. The molecule has 0 radical (unpaired) electrons. The van der Waals surface area contributed by atoms with Crippen LogP contribution in [0.25, 0.3) is 0 Å². The van der Waals surface area contributed by atoms with E-state index in [0.717, 1.165) is 116 Å². The monoisotopic (exact) mass is 890 g/mol. The van der Waals surface area contributed by atoms with Gasteiger partial charge in [0.05, 0.1) is 25.2 Å². The minimum absolute atomic E-state index is 0.0243.